The summed E-state index contributed by atoms with van der Waals surface area (Å²) in [7, 11) is 0. The third-order valence-electron chi connectivity index (χ3n) is 3.44. The molecule has 1 aromatic heterocycles. The molecule has 2 heterocycles. The maximum absolute atomic E-state index is 12.0. The van der Waals surface area contributed by atoms with E-state index < -0.39 is 11.7 Å². The van der Waals surface area contributed by atoms with Crippen LogP contribution in [0.25, 0.3) is 0 Å². The molecule has 0 atom stereocenters. The molecule has 0 spiro atoms. The zero-order valence-corrected chi connectivity index (χ0v) is 14.0. The number of rotatable bonds is 2. The lowest BCUT2D eigenvalue weighted by Gasteiger charge is -2.33. The fourth-order valence-electron chi connectivity index (χ4n) is 2.30. The molecule has 0 radical (unpaired) electrons. The van der Waals surface area contributed by atoms with E-state index in [0.717, 1.165) is 0 Å². The lowest BCUT2D eigenvalue weighted by molar-refractivity contribution is 0.0197. The molecular formula is C15H23N3O6. The predicted molar refractivity (Wildman–Crippen MR) is 83.7 cm³/mol. The van der Waals surface area contributed by atoms with E-state index in [2.05, 4.69) is 5.32 Å². The smallest absolute Gasteiger partial charge is 0.432 e. The van der Waals surface area contributed by atoms with Gasteiger partial charge in [-0.05, 0) is 33.6 Å². The third-order valence-corrected chi connectivity index (χ3v) is 3.44. The molecule has 0 bridgehead atoms. The quantitative estimate of drug-likeness (QED) is 0.750. The van der Waals surface area contributed by atoms with Gasteiger partial charge in [0, 0.05) is 31.3 Å². The average molecular weight is 341 g/mol. The molecule has 3 N–H and O–H groups in total. The van der Waals surface area contributed by atoms with Crippen LogP contribution in [0.15, 0.2) is 12.1 Å². The lowest BCUT2D eigenvalue weighted by atomic mass is 10.1. The highest BCUT2D eigenvalue weighted by Crippen LogP contribution is 2.19. The summed E-state index contributed by atoms with van der Waals surface area (Å²) in [6.07, 6.45) is -0.0612. The molecule has 1 aliphatic heterocycles. The molecule has 134 valence electrons. The van der Waals surface area contributed by atoms with Gasteiger partial charge in [0.25, 0.3) is 0 Å². The molecule has 9 nitrogen and oxygen atoms in total. The van der Waals surface area contributed by atoms with E-state index in [-0.39, 0.29) is 23.9 Å². The molecule has 24 heavy (non-hydrogen) atoms. The molecule has 2 rings (SSSR count). The second-order valence-electron chi connectivity index (χ2n) is 6.61. The van der Waals surface area contributed by atoms with Gasteiger partial charge in [0.2, 0.25) is 11.8 Å². The van der Waals surface area contributed by atoms with Crippen LogP contribution >= 0.6 is 0 Å². The molecule has 0 aromatic carbocycles. The normalized spacial score (nSPS) is 15.9. The molecule has 1 saturated heterocycles. The fraction of sp³-hybridized carbons (Fsp3) is 0.600. The van der Waals surface area contributed by atoms with E-state index in [1.54, 1.807) is 25.7 Å². The standard InChI is InChI=1S/C15H23N3O6/c1-15(2,3)23-14(22)17-8-6-10(7-9-17)16-13(21)24-18-11(19)4-5-12(18)20/h4-5,10,19-20H,6-9H2,1-3H3,(H,16,21). The van der Waals surface area contributed by atoms with Crippen LogP contribution < -0.4 is 10.2 Å². The van der Waals surface area contributed by atoms with E-state index in [4.69, 9.17) is 9.57 Å². The topological polar surface area (TPSA) is 113 Å². The van der Waals surface area contributed by atoms with Gasteiger partial charge in [-0.2, -0.15) is 0 Å². The van der Waals surface area contributed by atoms with E-state index >= 15 is 0 Å². The summed E-state index contributed by atoms with van der Waals surface area (Å²) < 4.78 is 5.92. The van der Waals surface area contributed by atoms with Crippen molar-refractivity contribution in [3.63, 3.8) is 0 Å². The van der Waals surface area contributed by atoms with Crippen LogP contribution in [-0.4, -0.2) is 56.8 Å². The highest BCUT2D eigenvalue weighted by molar-refractivity contribution is 5.69. The number of piperidine rings is 1. The maximum atomic E-state index is 12.0. The van der Waals surface area contributed by atoms with Crippen LogP contribution in [0.4, 0.5) is 9.59 Å². The minimum Gasteiger partial charge on any atom is -0.492 e. The number of hydrogen-bond donors (Lipinski definition) is 3. The molecule has 0 unspecified atom stereocenters. The summed E-state index contributed by atoms with van der Waals surface area (Å²) in [5.74, 6) is -0.773. The van der Waals surface area contributed by atoms with Gasteiger partial charge in [-0.15, -0.1) is 4.73 Å². The number of aromatic nitrogens is 1. The molecule has 1 fully saturated rings. The van der Waals surface area contributed by atoms with E-state index in [1.807, 2.05) is 0 Å². The number of carbonyl (C=O) groups excluding carboxylic acids is 2. The summed E-state index contributed by atoms with van der Waals surface area (Å²) in [5.41, 5.74) is -0.545. The summed E-state index contributed by atoms with van der Waals surface area (Å²) in [5, 5.41) is 21.5. The zero-order valence-electron chi connectivity index (χ0n) is 14.0. The number of likely N-dealkylation sites (tertiary alicyclic amines) is 1. The van der Waals surface area contributed by atoms with Gasteiger partial charge in [0.1, 0.15) is 5.60 Å². The minimum atomic E-state index is -0.799. The first kappa shape index (κ1) is 17.8. The largest absolute Gasteiger partial charge is 0.492 e. The van der Waals surface area contributed by atoms with Crippen LogP contribution in [0, 0.1) is 0 Å². The van der Waals surface area contributed by atoms with Crippen molar-refractivity contribution in [1.29, 1.82) is 0 Å². The Morgan fingerprint density at radius 3 is 2.21 bits per heavy atom. The van der Waals surface area contributed by atoms with Crippen LogP contribution in [0.3, 0.4) is 0 Å². The number of carbonyl (C=O) groups is 2. The van der Waals surface area contributed by atoms with E-state index in [1.165, 1.54) is 12.1 Å². The number of nitrogens with one attached hydrogen (secondary N) is 1. The molecule has 1 aromatic rings. The van der Waals surface area contributed by atoms with E-state index in [0.29, 0.717) is 30.7 Å². The van der Waals surface area contributed by atoms with Crippen molar-refractivity contribution in [3.05, 3.63) is 12.1 Å². The fourth-order valence-corrected chi connectivity index (χ4v) is 2.30. The highest BCUT2D eigenvalue weighted by Gasteiger charge is 2.28. The Kier molecular flexibility index (Phi) is 5.10. The molecule has 9 heteroatoms. The van der Waals surface area contributed by atoms with Crippen molar-refractivity contribution in [2.24, 2.45) is 0 Å². The summed E-state index contributed by atoms with van der Waals surface area (Å²) in [6.45, 7) is 6.34. The van der Waals surface area contributed by atoms with Gasteiger partial charge in [-0.1, -0.05) is 0 Å². The molecule has 2 amide bonds. The van der Waals surface area contributed by atoms with Crippen LogP contribution in [0.1, 0.15) is 33.6 Å². The molecule has 0 aliphatic carbocycles. The first-order valence-corrected chi connectivity index (χ1v) is 7.72. The number of ether oxygens (including phenoxy) is 1. The van der Waals surface area contributed by atoms with Crippen molar-refractivity contribution in [2.45, 2.75) is 45.3 Å². The van der Waals surface area contributed by atoms with E-state index in [9.17, 15) is 19.8 Å². The predicted octanol–water partition coefficient (Wildman–Crippen LogP) is 1.44. The third kappa shape index (κ3) is 4.71. The zero-order chi connectivity index (χ0) is 17.9. The number of amides is 2. The highest BCUT2D eigenvalue weighted by atomic mass is 16.7. The van der Waals surface area contributed by atoms with Gasteiger partial charge in [-0.25, -0.2) is 9.59 Å². The van der Waals surface area contributed by atoms with Gasteiger partial charge in [0.15, 0.2) is 0 Å². The van der Waals surface area contributed by atoms with Crippen molar-refractivity contribution in [2.75, 3.05) is 13.1 Å². The minimum absolute atomic E-state index is 0.170. The Morgan fingerprint density at radius 1 is 1.17 bits per heavy atom. The SMILES string of the molecule is CC(C)(C)OC(=O)N1CCC(NC(=O)On2c(O)ccc2O)CC1. The van der Waals surface area contributed by atoms with Crippen LogP contribution in [-0.2, 0) is 4.74 Å². The molecule has 0 saturated carbocycles. The number of aromatic hydroxyl groups is 2. The maximum Gasteiger partial charge on any atom is 0.432 e. The Balaban J connectivity index is 1.78. The van der Waals surface area contributed by atoms with Gasteiger partial charge in [-0.3, -0.25) is 0 Å². The van der Waals surface area contributed by atoms with Gasteiger partial charge >= 0.3 is 12.2 Å². The number of hydrogen-bond acceptors (Lipinski definition) is 6. The average Bonchev–Trinajstić information content (AvgIpc) is 2.78. The Labute approximate surface area is 139 Å². The molecule has 1 aliphatic rings. The monoisotopic (exact) mass is 341 g/mol. The van der Waals surface area contributed by atoms with Gasteiger partial charge < -0.3 is 30.0 Å². The lowest BCUT2D eigenvalue weighted by Crippen LogP contribution is -2.48. The second kappa shape index (κ2) is 6.90. The first-order chi connectivity index (χ1) is 11.2. The molecular weight excluding hydrogens is 318 g/mol. The van der Waals surface area contributed by atoms with Gasteiger partial charge in [0.05, 0.1) is 0 Å². The van der Waals surface area contributed by atoms with Crippen molar-refractivity contribution >= 4 is 12.2 Å². The van der Waals surface area contributed by atoms with Crippen LogP contribution in [0.2, 0.25) is 0 Å². The van der Waals surface area contributed by atoms with Crippen LogP contribution in [0.5, 0.6) is 11.8 Å². The summed E-state index contributed by atoms with van der Waals surface area (Å²) in [4.78, 5) is 30.2. The van der Waals surface area contributed by atoms with Crippen molar-refractivity contribution in [3.8, 4) is 11.8 Å². The summed E-state index contributed by atoms with van der Waals surface area (Å²) >= 11 is 0. The second-order valence-corrected chi connectivity index (χ2v) is 6.61. The Bertz CT molecular complexity index is 579. The van der Waals surface area contributed by atoms with Crippen molar-refractivity contribution < 1.29 is 29.4 Å². The van der Waals surface area contributed by atoms with Crippen molar-refractivity contribution in [1.82, 2.24) is 14.9 Å². The number of nitrogens with zero attached hydrogens (tertiary/aromatic N) is 2. The summed E-state index contributed by atoms with van der Waals surface area (Å²) in [6, 6.07) is 2.22. The Hall–Kier alpha value is -2.58. The Morgan fingerprint density at radius 2 is 1.71 bits per heavy atom. The first-order valence-electron chi connectivity index (χ1n) is 7.72.